The number of likely N-dealkylation sites (tertiary alicyclic amines) is 1. The van der Waals surface area contributed by atoms with Crippen LogP contribution >= 0.6 is 11.3 Å². The lowest BCUT2D eigenvalue weighted by Gasteiger charge is -2.31. The van der Waals surface area contributed by atoms with E-state index in [1.807, 2.05) is 5.38 Å². The fourth-order valence-electron chi connectivity index (χ4n) is 4.67. The maximum absolute atomic E-state index is 12.9. The summed E-state index contributed by atoms with van der Waals surface area (Å²) in [6.07, 6.45) is -4.04. The molecule has 14 heteroatoms. The quantitative estimate of drug-likeness (QED) is 0.367. The molecule has 1 fully saturated rings. The standard InChI is InChI=1S/C25H25F5N4O4S/c1-14-9-20(25(28,29)30)32-34(14)10-21(35)33-7-5-15(6-8-33)22-31-18(13-39-22)23-36-11-16-3-2-4-19(38-24(26)27)17(16)12-37-23/h2-4,9,13,15,23-24H,5-8,10-12H2,1H3. The Morgan fingerprint density at radius 3 is 2.64 bits per heavy atom. The summed E-state index contributed by atoms with van der Waals surface area (Å²) in [5.41, 5.74) is 1.03. The molecule has 2 aliphatic rings. The van der Waals surface area contributed by atoms with Crippen molar-refractivity contribution in [3.8, 4) is 5.75 Å². The van der Waals surface area contributed by atoms with Gasteiger partial charge in [0.25, 0.3) is 0 Å². The maximum Gasteiger partial charge on any atom is 0.435 e. The second-order valence-corrected chi connectivity index (χ2v) is 10.2. The number of halogens is 5. The van der Waals surface area contributed by atoms with Gasteiger partial charge in [0.2, 0.25) is 12.2 Å². The van der Waals surface area contributed by atoms with Crippen LogP contribution in [0.15, 0.2) is 29.6 Å². The van der Waals surface area contributed by atoms with Gasteiger partial charge in [-0.1, -0.05) is 12.1 Å². The second kappa shape index (κ2) is 11.2. The van der Waals surface area contributed by atoms with Crippen LogP contribution in [0.4, 0.5) is 22.0 Å². The first-order chi connectivity index (χ1) is 18.6. The number of thiazole rings is 1. The summed E-state index contributed by atoms with van der Waals surface area (Å²) in [6, 6.07) is 5.77. The molecule has 1 aromatic carbocycles. The predicted octanol–water partition coefficient (Wildman–Crippen LogP) is 5.42. The van der Waals surface area contributed by atoms with Gasteiger partial charge in [-0.05, 0) is 37.5 Å². The molecule has 210 valence electrons. The van der Waals surface area contributed by atoms with Crippen molar-refractivity contribution in [2.24, 2.45) is 0 Å². The average molecular weight is 573 g/mol. The number of benzene rings is 1. The minimum atomic E-state index is -4.56. The molecule has 3 aromatic rings. The van der Waals surface area contributed by atoms with Gasteiger partial charge in [-0.2, -0.15) is 27.1 Å². The molecule has 2 aliphatic heterocycles. The minimum absolute atomic E-state index is 0.0242. The number of aryl methyl sites for hydroxylation is 1. The van der Waals surface area contributed by atoms with Crippen molar-refractivity contribution >= 4 is 17.2 Å². The largest absolute Gasteiger partial charge is 0.435 e. The highest BCUT2D eigenvalue weighted by Crippen LogP contribution is 2.36. The molecule has 39 heavy (non-hydrogen) atoms. The number of fused-ring (bicyclic) bond motifs is 1. The van der Waals surface area contributed by atoms with Crippen molar-refractivity contribution in [3.63, 3.8) is 0 Å². The van der Waals surface area contributed by atoms with E-state index in [4.69, 9.17) is 14.5 Å². The van der Waals surface area contributed by atoms with Gasteiger partial charge in [0.1, 0.15) is 18.0 Å². The van der Waals surface area contributed by atoms with E-state index in [9.17, 15) is 26.7 Å². The first-order valence-corrected chi connectivity index (χ1v) is 13.1. The molecule has 2 aromatic heterocycles. The lowest BCUT2D eigenvalue weighted by molar-refractivity contribution is -0.155. The SMILES string of the molecule is Cc1cc(C(F)(F)F)nn1CC(=O)N1CCC(c2nc(C3OCc4cccc(OC(F)F)c4CO3)cs2)CC1. The van der Waals surface area contributed by atoms with Gasteiger partial charge in [0.05, 0.1) is 18.2 Å². The molecule has 1 amide bonds. The molecule has 1 atom stereocenters. The Bertz CT molecular complexity index is 1320. The van der Waals surface area contributed by atoms with Crippen LogP contribution < -0.4 is 4.74 Å². The van der Waals surface area contributed by atoms with E-state index in [-0.39, 0.29) is 43.0 Å². The monoisotopic (exact) mass is 572 g/mol. The van der Waals surface area contributed by atoms with Crippen LogP contribution in [-0.4, -0.2) is 45.3 Å². The average Bonchev–Trinajstić information content (AvgIpc) is 3.46. The molecule has 0 bridgehead atoms. The Morgan fingerprint density at radius 1 is 1.21 bits per heavy atom. The van der Waals surface area contributed by atoms with E-state index in [2.05, 4.69) is 9.84 Å². The third-order valence-electron chi connectivity index (χ3n) is 6.75. The molecule has 1 unspecified atom stereocenters. The van der Waals surface area contributed by atoms with E-state index in [0.717, 1.165) is 15.8 Å². The third kappa shape index (κ3) is 6.23. The van der Waals surface area contributed by atoms with E-state index < -0.39 is 24.8 Å². The smallest absolute Gasteiger partial charge is 0.434 e. The summed E-state index contributed by atoms with van der Waals surface area (Å²) >= 11 is 1.45. The molecule has 1 saturated heterocycles. The van der Waals surface area contributed by atoms with Crippen molar-refractivity contribution in [1.82, 2.24) is 19.7 Å². The van der Waals surface area contributed by atoms with Gasteiger partial charge in [-0.15, -0.1) is 11.3 Å². The topological polar surface area (TPSA) is 78.7 Å². The highest BCUT2D eigenvalue weighted by Gasteiger charge is 2.35. The molecule has 0 N–H and O–H groups in total. The number of aromatic nitrogens is 3. The van der Waals surface area contributed by atoms with Gasteiger partial charge in [-0.25, -0.2) is 4.98 Å². The summed E-state index contributed by atoms with van der Waals surface area (Å²) in [7, 11) is 0. The van der Waals surface area contributed by atoms with Crippen molar-refractivity contribution in [2.75, 3.05) is 13.1 Å². The number of alkyl halides is 5. The Morgan fingerprint density at radius 2 is 1.95 bits per heavy atom. The predicted molar refractivity (Wildman–Crippen MR) is 128 cm³/mol. The van der Waals surface area contributed by atoms with Gasteiger partial charge >= 0.3 is 12.8 Å². The highest BCUT2D eigenvalue weighted by molar-refractivity contribution is 7.09. The molecular weight excluding hydrogens is 547 g/mol. The van der Waals surface area contributed by atoms with Crippen molar-refractivity contribution < 1.29 is 41.0 Å². The van der Waals surface area contributed by atoms with Crippen LogP contribution in [0.3, 0.4) is 0 Å². The Kier molecular flexibility index (Phi) is 7.87. The molecule has 8 nitrogen and oxygen atoms in total. The molecule has 5 rings (SSSR count). The van der Waals surface area contributed by atoms with E-state index in [1.165, 1.54) is 24.3 Å². The fraction of sp³-hybridized carbons (Fsp3) is 0.480. The zero-order valence-corrected chi connectivity index (χ0v) is 21.6. The fourth-order valence-corrected chi connectivity index (χ4v) is 5.66. The van der Waals surface area contributed by atoms with Crippen molar-refractivity contribution in [3.05, 3.63) is 62.9 Å². The van der Waals surface area contributed by atoms with Crippen LogP contribution in [0.2, 0.25) is 0 Å². The number of hydrogen-bond acceptors (Lipinski definition) is 7. The molecule has 0 saturated carbocycles. The Labute approximate surface area is 224 Å². The number of ether oxygens (including phenoxy) is 3. The van der Waals surface area contributed by atoms with Crippen LogP contribution in [0.5, 0.6) is 5.75 Å². The summed E-state index contributed by atoms with van der Waals surface area (Å²) in [4.78, 5) is 19.1. The summed E-state index contributed by atoms with van der Waals surface area (Å²) in [5.74, 6) is -0.135. The Hall–Kier alpha value is -3.10. The van der Waals surface area contributed by atoms with E-state index in [1.54, 1.807) is 17.0 Å². The minimum Gasteiger partial charge on any atom is -0.434 e. The van der Waals surface area contributed by atoms with Crippen LogP contribution in [0.1, 0.15) is 58.3 Å². The van der Waals surface area contributed by atoms with Crippen LogP contribution in [0, 0.1) is 6.92 Å². The lowest BCUT2D eigenvalue weighted by Crippen LogP contribution is -2.40. The maximum atomic E-state index is 12.9. The molecule has 0 spiro atoms. The van der Waals surface area contributed by atoms with Gasteiger partial charge in [0, 0.05) is 35.6 Å². The van der Waals surface area contributed by atoms with Crippen LogP contribution in [-0.2, 0) is 40.2 Å². The number of hydrogen-bond donors (Lipinski definition) is 0. The molecule has 4 heterocycles. The first-order valence-electron chi connectivity index (χ1n) is 12.2. The van der Waals surface area contributed by atoms with Crippen LogP contribution in [0.25, 0.3) is 0 Å². The summed E-state index contributed by atoms with van der Waals surface area (Å²) < 4.78 is 81.7. The normalized spacial score (nSPS) is 18.7. The van der Waals surface area contributed by atoms with Gasteiger partial charge in [-0.3, -0.25) is 9.48 Å². The van der Waals surface area contributed by atoms with E-state index in [0.29, 0.717) is 42.8 Å². The highest BCUT2D eigenvalue weighted by atomic mass is 32.1. The number of piperidine rings is 1. The number of rotatable bonds is 6. The lowest BCUT2D eigenvalue weighted by atomic mass is 9.97. The number of carbonyl (C=O) groups excluding carboxylic acids is 1. The third-order valence-corrected chi connectivity index (χ3v) is 7.78. The van der Waals surface area contributed by atoms with Crippen molar-refractivity contribution in [2.45, 2.75) is 64.5 Å². The molecule has 0 aliphatic carbocycles. The number of amides is 1. The molecular formula is C25H25F5N4O4S. The summed E-state index contributed by atoms with van der Waals surface area (Å²) in [6.45, 7) is -0.650. The first kappa shape index (κ1) is 27.5. The zero-order chi connectivity index (χ0) is 27.7. The van der Waals surface area contributed by atoms with Crippen molar-refractivity contribution in [1.29, 1.82) is 0 Å². The number of carbonyl (C=O) groups is 1. The van der Waals surface area contributed by atoms with E-state index >= 15 is 0 Å². The zero-order valence-electron chi connectivity index (χ0n) is 20.8. The summed E-state index contributed by atoms with van der Waals surface area (Å²) in [5, 5.41) is 6.24. The molecule has 0 radical (unpaired) electrons. The van der Waals surface area contributed by atoms with Gasteiger partial charge in [0.15, 0.2) is 5.69 Å². The van der Waals surface area contributed by atoms with Gasteiger partial charge < -0.3 is 19.1 Å². The Balaban J connectivity index is 1.16. The second-order valence-electron chi connectivity index (χ2n) is 9.32. The number of nitrogens with zero attached hydrogens (tertiary/aromatic N) is 4.